The molecule has 3 heteroatoms. The molecule has 2 aromatic carbocycles. The fourth-order valence-corrected chi connectivity index (χ4v) is 3.51. The minimum absolute atomic E-state index is 0. The van der Waals surface area contributed by atoms with E-state index in [1.807, 2.05) is 32.0 Å². The molecule has 1 radical (unpaired) electrons. The van der Waals surface area contributed by atoms with E-state index >= 15 is 0 Å². The van der Waals surface area contributed by atoms with Gasteiger partial charge in [0.1, 0.15) is 0 Å². The Hall–Kier alpha value is -0.863. The summed E-state index contributed by atoms with van der Waals surface area (Å²) in [6, 6.07) is 12.3. The molecule has 0 aromatic heterocycles. The number of aryl methyl sites for hydroxylation is 4. The van der Waals surface area contributed by atoms with Crippen LogP contribution in [0.1, 0.15) is 32.6 Å². The maximum atomic E-state index is 12.5. The Morgan fingerprint density at radius 1 is 0.900 bits per heavy atom. The Balaban J connectivity index is 0.00000200. The summed E-state index contributed by atoms with van der Waals surface area (Å²) in [5.74, 6) is 0. The van der Waals surface area contributed by atoms with Gasteiger partial charge < -0.3 is 0 Å². The first-order chi connectivity index (χ1) is 8.99. The van der Waals surface area contributed by atoms with Crippen molar-refractivity contribution in [2.75, 3.05) is 0 Å². The molecule has 0 aliphatic rings. The van der Waals surface area contributed by atoms with Crippen molar-refractivity contribution >= 4 is 38.3 Å². The first-order valence-electron chi connectivity index (χ1n) is 6.44. The summed E-state index contributed by atoms with van der Waals surface area (Å²) in [6.45, 7) is 8.17. The molecule has 0 saturated carbocycles. The van der Waals surface area contributed by atoms with Gasteiger partial charge in [-0.3, -0.25) is 4.79 Å². The number of hydrogen-bond acceptors (Lipinski definition) is 1. The van der Waals surface area contributed by atoms with Gasteiger partial charge in [0.05, 0.1) is 0 Å². The molecule has 0 amide bonds. The molecule has 1 atom stereocenters. The average molecular weight is 277 g/mol. The zero-order valence-corrected chi connectivity index (χ0v) is 13.9. The Labute approximate surface area is 135 Å². The number of carbonyl (C=O) groups is 1. The van der Waals surface area contributed by atoms with E-state index in [-0.39, 0.29) is 33.0 Å². The second kappa shape index (κ2) is 7.23. The van der Waals surface area contributed by atoms with Crippen LogP contribution in [-0.2, 0) is 0 Å². The van der Waals surface area contributed by atoms with Crippen molar-refractivity contribution in [3.8, 4) is 0 Å². The van der Waals surface area contributed by atoms with Crippen molar-refractivity contribution < 1.29 is 4.79 Å². The van der Waals surface area contributed by atoms with Crippen LogP contribution in [0.5, 0.6) is 0 Å². The van der Waals surface area contributed by atoms with Gasteiger partial charge in [-0.05, 0) is 58.3 Å². The van der Waals surface area contributed by atoms with E-state index in [4.69, 9.17) is 0 Å². The molecular formula is C17H19LiOP. The fraction of sp³-hybridized carbons (Fsp3) is 0.235. The molecular weight excluding hydrogens is 258 g/mol. The zero-order chi connectivity index (χ0) is 14.0. The Bertz CT molecular complexity index is 615. The van der Waals surface area contributed by atoms with E-state index in [1.165, 1.54) is 11.1 Å². The van der Waals surface area contributed by atoms with E-state index in [9.17, 15) is 4.79 Å². The fourth-order valence-electron chi connectivity index (χ4n) is 2.31. The van der Waals surface area contributed by atoms with Crippen molar-refractivity contribution in [1.29, 1.82) is 0 Å². The minimum Gasteiger partial charge on any atom is -0.289 e. The second-order valence-electron chi connectivity index (χ2n) is 5.04. The second-order valence-corrected chi connectivity index (χ2v) is 6.28. The molecule has 2 rings (SSSR count). The van der Waals surface area contributed by atoms with Gasteiger partial charge in [0, 0.05) is 24.4 Å². The van der Waals surface area contributed by atoms with Crippen LogP contribution in [0.2, 0.25) is 0 Å². The van der Waals surface area contributed by atoms with Gasteiger partial charge in [-0.2, -0.15) is 0 Å². The van der Waals surface area contributed by atoms with E-state index in [2.05, 4.69) is 32.0 Å². The smallest absolute Gasteiger partial charge is 0.186 e. The van der Waals surface area contributed by atoms with Crippen LogP contribution >= 0.6 is 8.58 Å². The molecule has 0 aliphatic carbocycles. The molecule has 0 fully saturated rings. The zero-order valence-electron chi connectivity index (χ0n) is 12.9. The molecule has 0 heterocycles. The summed E-state index contributed by atoms with van der Waals surface area (Å²) in [5.41, 5.74) is 5.72. The Morgan fingerprint density at radius 2 is 1.50 bits per heavy atom. The quantitative estimate of drug-likeness (QED) is 0.618. The molecule has 1 nitrogen and oxygen atoms in total. The van der Waals surface area contributed by atoms with Gasteiger partial charge in [-0.15, -0.1) is 0 Å². The van der Waals surface area contributed by atoms with Crippen molar-refractivity contribution in [1.82, 2.24) is 0 Å². The van der Waals surface area contributed by atoms with Gasteiger partial charge >= 0.3 is 0 Å². The van der Waals surface area contributed by atoms with E-state index in [0.717, 1.165) is 22.0 Å². The number of carbonyl (C=O) groups excluding carboxylic acids is 1. The Kier molecular flexibility index (Phi) is 6.22. The third kappa shape index (κ3) is 3.83. The maximum Gasteiger partial charge on any atom is 0.186 e. The normalized spacial score (nSPS) is 10.6. The number of benzene rings is 2. The maximum absolute atomic E-state index is 12.5. The van der Waals surface area contributed by atoms with Crippen molar-refractivity contribution in [2.45, 2.75) is 27.7 Å². The van der Waals surface area contributed by atoms with Gasteiger partial charge in [0.25, 0.3) is 0 Å². The molecule has 99 valence electrons. The summed E-state index contributed by atoms with van der Waals surface area (Å²) in [4.78, 5) is 12.5. The van der Waals surface area contributed by atoms with Crippen LogP contribution in [0, 0.1) is 27.7 Å². The van der Waals surface area contributed by atoms with Crippen LogP contribution in [0.4, 0.5) is 0 Å². The third-order valence-corrected chi connectivity index (χ3v) is 4.65. The van der Waals surface area contributed by atoms with Gasteiger partial charge in [0.2, 0.25) is 0 Å². The molecule has 0 bridgehead atoms. The number of hydrogen-bond donors (Lipinski definition) is 0. The average Bonchev–Trinajstić information content (AvgIpc) is 2.32. The first kappa shape index (κ1) is 17.2. The van der Waals surface area contributed by atoms with Crippen LogP contribution in [-0.4, -0.2) is 24.4 Å². The predicted octanol–water partition coefficient (Wildman–Crippen LogP) is 3.68. The van der Waals surface area contributed by atoms with Crippen LogP contribution < -0.4 is 5.30 Å². The molecule has 0 saturated heterocycles. The molecule has 20 heavy (non-hydrogen) atoms. The molecule has 0 spiro atoms. The van der Waals surface area contributed by atoms with Crippen molar-refractivity contribution in [3.05, 3.63) is 64.2 Å². The topological polar surface area (TPSA) is 17.1 Å². The third-order valence-electron chi connectivity index (χ3n) is 3.34. The summed E-state index contributed by atoms with van der Waals surface area (Å²) in [7, 11) is 0.205. The van der Waals surface area contributed by atoms with Gasteiger partial charge in [-0.25, -0.2) is 0 Å². The first-order valence-corrected chi connectivity index (χ1v) is 7.44. The molecule has 0 aliphatic heterocycles. The van der Waals surface area contributed by atoms with Crippen LogP contribution in [0.3, 0.4) is 0 Å². The monoisotopic (exact) mass is 277 g/mol. The molecule has 1 unspecified atom stereocenters. The van der Waals surface area contributed by atoms with E-state index in [0.29, 0.717) is 0 Å². The minimum atomic E-state index is 0. The molecule has 0 N–H and O–H groups in total. The van der Waals surface area contributed by atoms with Crippen molar-refractivity contribution in [3.63, 3.8) is 0 Å². The largest absolute Gasteiger partial charge is 0.289 e. The van der Waals surface area contributed by atoms with Crippen LogP contribution in [0.25, 0.3) is 0 Å². The van der Waals surface area contributed by atoms with Crippen LogP contribution in [0.15, 0.2) is 36.4 Å². The standard InChI is InChI=1S/C17H19OP.Li/c1-11-8-9-15(14(4)10-11)19-17(18)16-12(2)6-5-7-13(16)3;/h5-10,19H,1-4H3;. The summed E-state index contributed by atoms with van der Waals surface area (Å²) < 4.78 is 0. The number of rotatable bonds is 3. The van der Waals surface area contributed by atoms with Gasteiger partial charge in [0.15, 0.2) is 5.52 Å². The summed E-state index contributed by atoms with van der Waals surface area (Å²) in [5, 5.41) is 1.15. The summed E-state index contributed by atoms with van der Waals surface area (Å²) in [6.07, 6.45) is 0. The molecule has 2 aromatic rings. The SMILES string of the molecule is Cc1ccc(PC(=O)c2c(C)cccc2C)c(C)c1.[Li]. The Morgan fingerprint density at radius 3 is 2.05 bits per heavy atom. The predicted molar refractivity (Wildman–Crippen MR) is 89.9 cm³/mol. The van der Waals surface area contributed by atoms with E-state index in [1.54, 1.807) is 0 Å². The van der Waals surface area contributed by atoms with E-state index < -0.39 is 0 Å². The van der Waals surface area contributed by atoms with Crippen molar-refractivity contribution in [2.24, 2.45) is 0 Å². The summed E-state index contributed by atoms with van der Waals surface area (Å²) >= 11 is 0. The van der Waals surface area contributed by atoms with Gasteiger partial charge in [-0.1, -0.05) is 42.0 Å².